The summed E-state index contributed by atoms with van der Waals surface area (Å²) in [6.45, 7) is 4.85. The molecule has 33 heavy (non-hydrogen) atoms. The molecule has 1 atom stereocenters. The molecule has 9 heteroatoms. The molecule has 4 rings (SSSR count). The molecule has 2 heterocycles. The number of carbonyl (C=O) groups is 2. The first kappa shape index (κ1) is 23.3. The smallest absolute Gasteiger partial charge is 0.414 e. The number of ether oxygens (including phenoxy) is 2. The Bertz CT molecular complexity index is 1160. The van der Waals surface area contributed by atoms with Crippen LogP contribution in [0.15, 0.2) is 47.4 Å². The van der Waals surface area contributed by atoms with Gasteiger partial charge in [-0.25, -0.2) is 13.2 Å². The molecule has 1 fully saturated rings. The third-order valence-electron chi connectivity index (χ3n) is 6.02. The molecular formula is C24H28N2O6S. The molecule has 8 nitrogen and oxygen atoms in total. The van der Waals surface area contributed by atoms with E-state index in [-0.39, 0.29) is 22.9 Å². The molecule has 0 radical (unpaired) electrons. The second kappa shape index (κ2) is 9.15. The second-order valence-electron chi connectivity index (χ2n) is 8.54. The highest BCUT2D eigenvalue weighted by atomic mass is 32.2. The van der Waals surface area contributed by atoms with Gasteiger partial charge >= 0.3 is 6.09 Å². The van der Waals surface area contributed by atoms with Gasteiger partial charge in [-0.1, -0.05) is 18.2 Å². The van der Waals surface area contributed by atoms with E-state index in [1.165, 1.54) is 13.2 Å². The van der Waals surface area contributed by atoms with E-state index in [2.05, 4.69) is 0 Å². The van der Waals surface area contributed by atoms with Crippen molar-refractivity contribution in [1.82, 2.24) is 0 Å². The van der Waals surface area contributed by atoms with Crippen LogP contribution >= 0.6 is 0 Å². The molecule has 1 saturated heterocycles. The standard InChI is InChI=1S/C24H28N2O6S/c1-16-15-25(24(28)32-20-10-12-31-13-11-20)23-14-19(6-9-22(23)26(16)17(2)27)18-4-7-21(8-5-18)33(3,29)30/h4-9,14,16,20H,10-13,15H2,1-3H3. The summed E-state index contributed by atoms with van der Waals surface area (Å²) in [6, 6.07) is 11.9. The monoisotopic (exact) mass is 472 g/mol. The molecular weight excluding hydrogens is 444 g/mol. The average molecular weight is 473 g/mol. The van der Waals surface area contributed by atoms with Gasteiger partial charge in [0, 0.05) is 32.6 Å². The first-order valence-electron chi connectivity index (χ1n) is 11.0. The molecule has 1 unspecified atom stereocenters. The molecule has 0 aliphatic carbocycles. The maximum Gasteiger partial charge on any atom is 0.414 e. The van der Waals surface area contributed by atoms with Gasteiger partial charge in [0.05, 0.1) is 35.5 Å². The van der Waals surface area contributed by atoms with Crippen LogP contribution in [0.5, 0.6) is 0 Å². The van der Waals surface area contributed by atoms with E-state index in [9.17, 15) is 18.0 Å². The van der Waals surface area contributed by atoms with Gasteiger partial charge in [0.25, 0.3) is 0 Å². The molecule has 176 valence electrons. The van der Waals surface area contributed by atoms with E-state index in [1.54, 1.807) is 34.1 Å². The quantitative estimate of drug-likeness (QED) is 0.677. The van der Waals surface area contributed by atoms with Crippen molar-refractivity contribution in [2.24, 2.45) is 0 Å². The minimum absolute atomic E-state index is 0.105. The summed E-state index contributed by atoms with van der Waals surface area (Å²) in [6.07, 6.45) is 1.86. The molecule has 0 N–H and O–H groups in total. The Morgan fingerprint density at radius 2 is 1.64 bits per heavy atom. The van der Waals surface area contributed by atoms with E-state index in [0.29, 0.717) is 44.0 Å². The van der Waals surface area contributed by atoms with Gasteiger partial charge < -0.3 is 14.4 Å². The Labute approximate surface area is 194 Å². The number of benzene rings is 2. The highest BCUT2D eigenvalue weighted by molar-refractivity contribution is 7.90. The molecule has 2 aliphatic heterocycles. The zero-order valence-corrected chi connectivity index (χ0v) is 19.8. The summed E-state index contributed by atoms with van der Waals surface area (Å²) >= 11 is 0. The van der Waals surface area contributed by atoms with Crippen molar-refractivity contribution >= 4 is 33.2 Å². The number of hydrogen-bond donors (Lipinski definition) is 0. The SMILES string of the molecule is CC(=O)N1c2ccc(-c3ccc(S(C)(=O)=O)cc3)cc2N(C(=O)OC2CCOCC2)CC1C. The predicted molar refractivity (Wildman–Crippen MR) is 125 cm³/mol. The number of hydrogen-bond acceptors (Lipinski definition) is 6. The molecule has 0 spiro atoms. The fourth-order valence-corrected chi connectivity index (χ4v) is 4.98. The molecule has 2 aromatic rings. The minimum atomic E-state index is -3.30. The molecule has 2 aliphatic rings. The van der Waals surface area contributed by atoms with Crippen molar-refractivity contribution in [2.45, 2.75) is 43.7 Å². The zero-order valence-electron chi connectivity index (χ0n) is 19.0. The summed E-state index contributed by atoms with van der Waals surface area (Å²) < 4.78 is 34.7. The normalized spacial score (nSPS) is 19.2. The van der Waals surface area contributed by atoms with E-state index in [1.807, 2.05) is 25.1 Å². The van der Waals surface area contributed by atoms with Crippen molar-refractivity contribution in [3.63, 3.8) is 0 Å². The van der Waals surface area contributed by atoms with Crippen LogP contribution in [0.3, 0.4) is 0 Å². The number of anilines is 2. The zero-order chi connectivity index (χ0) is 23.8. The van der Waals surface area contributed by atoms with Crippen LogP contribution in [0.25, 0.3) is 11.1 Å². The number of rotatable bonds is 3. The number of nitrogens with zero attached hydrogens (tertiary/aromatic N) is 2. The van der Waals surface area contributed by atoms with Gasteiger partial charge in [-0.3, -0.25) is 9.69 Å². The molecule has 2 amide bonds. The molecule has 2 aromatic carbocycles. The summed E-state index contributed by atoms with van der Waals surface area (Å²) in [7, 11) is -3.30. The van der Waals surface area contributed by atoms with Crippen LogP contribution in [0.2, 0.25) is 0 Å². The fourth-order valence-electron chi connectivity index (χ4n) is 4.35. The minimum Gasteiger partial charge on any atom is -0.446 e. The van der Waals surface area contributed by atoms with Crippen LogP contribution in [-0.2, 0) is 24.1 Å². The van der Waals surface area contributed by atoms with Crippen LogP contribution in [0.1, 0.15) is 26.7 Å². The highest BCUT2D eigenvalue weighted by Gasteiger charge is 2.35. The van der Waals surface area contributed by atoms with Crippen molar-refractivity contribution in [3.05, 3.63) is 42.5 Å². The molecule has 0 aromatic heterocycles. The van der Waals surface area contributed by atoms with Gasteiger partial charge in [0.1, 0.15) is 6.10 Å². The van der Waals surface area contributed by atoms with E-state index < -0.39 is 15.9 Å². The third kappa shape index (κ3) is 4.89. The lowest BCUT2D eigenvalue weighted by atomic mass is 10.0. The van der Waals surface area contributed by atoms with Crippen LogP contribution < -0.4 is 9.80 Å². The maximum absolute atomic E-state index is 13.1. The topological polar surface area (TPSA) is 93.2 Å². The van der Waals surface area contributed by atoms with Crippen LogP contribution in [0, 0.1) is 0 Å². The van der Waals surface area contributed by atoms with Gasteiger partial charge in [0.15, 0.2) is 9.84 Å². The summed E-state index contributed by atoms with van der Waals surface area (Å²) in [5, 5.41) is 0. The van der Waals surface area contributed by atoms with Crippen LogP contribution in [-0.4, -0.2) is 58.6 Å². The lowest BCUT2D eigenvalue weighted by Crippen LogP contribution is -2.52. The van der Waals surface area contributed by atoms with Gasteiger partial charge in [-0.05, 0) is 42.3 Å². The number of amides is 2. The maximum atomic E-state index is 13.1. The Balaban J connectivity index is 1.70. The first-order chi connectivity index (χ1) is 15.6. The lowest BCUT2D eigenvalue weighted by Gasteiger charge is -2.41. The van der Waals surface area contributed by atoms with Crippen molar-refractivity contribution in [1.29, 1.82) is 0 Å². The van der Waals surface area contributed by atoms with E-state index in [4.69, 9.17) is 9.47 Å². The number of carbonyl (C=O) groups excluding carboxylic acids is 2. The molecule has 0 saturated carbocycles. The Morgan fingerprint density at radius 1 is 1.00 bits per heavy atom. The Morgan fingerprint density at radius 3 is 2.24 bits per heavy atom. The van der Waals surface area contributed by atoms with E-state index >= 15 is 0 Å². The summed E-state index contributed by atoms with van der Waals surface area (Å²) in [5.41, 5.74) is 2.83. The number of sulfone groups is 1. The molecule has 0 bridgehead atoms. The largest absolute Gasteiger partial charge is 0.446 e. The third-order valence-corrected chi connectivity index (χ3v) is 7.15. The van der Waals surface area contributed by atoms with Gasteiger partial charge in [0.2, 0.25) is 5.91 Å². The van der Waals surface area contributed by atoms with E-state index in [0.717, 1.165) is 11.1 Å². The van der Waals surface area contributed by atoms with Gasteiger partial charge in [-0.2, -0.15) is 0 Å². The first-order valence-corrected chi connectivity index (χ1v) is 12.8. The Hall–Kier alpha value is -2.91. The predicted octanol–water partition coefficient (Wildman–Crippen LogP) is 3.63. The van der Waals surface area contributed by atoms with Crippen molar-refractivity contribution in [2.75, 3.05) is 35.8 Å². The van der Waals surface area contributed by atoms with Crippen molar-refractivity contribution < 1.29 is 27.5 Å². The number of fused-ring (bicyclic) bond motifs is 1. The lowest BCUT2D eigenvalue weighted by molar-refractivity contribution is -0.117. The fraction of sp³-hybridized carbons (Fsp3) is 0.417. The average Bonchev–Trinajstić information content (AvgIpc) is 2.78. The second-order valence-corrected chi connectivity index (χ2v) is 10.6. The van der Waals surface area contributed by atoms with Crippen LogP contribution in [0.4, 0.5) is 16.2 Å². The summed E-state index contributed by atoms with van der Waals surface area (Å²) in [4.78, 5) is 29.0. The van der Waals surface area contributed by atoms with Gasteiger partial charge in [-0.15, -0.1) is 0 Å². The Kier molecular flexibility index (Phi) is 6.45. The van der Waals surface area contributed by atoms with Crippen molar-refractivity contribution in [3.8, 4) is 11.1 Å². The summed E-state index contributed by atoms with van der Waals surface area (Å²) in [5.74, 6) is -0.105. The highest BCUT2D eigenvalue weighted by Crippen LogP contribution is 2.39.